The molecular formula is C11H12N6. The Kier molecular flexibility index (Phi) is 2.92. The molecular weight excluding hydrogens is 216 g/mol. The second-order valence-corrected chi connectivity index (χ2v) is 3.65. The van der Waals surface area contributed by atoms with Gasteiger partial charge in [0.05, 0.1) is 5.69 Å². The SMILES string of the molecule is N#C/C(=N\Nc1ccc2c(c1)CCN2)C(=N)N. The second-order valence-electron chi connectivity index (χ2n) is 3.65. The predicted octanol–water partition coefficient (Wildman–Crippen LogP) is 0.882. The van der Waals surface area contributed by atoms with Crippen molar-refractivity contribution in [2.45, 2.75) is 6.42 Å². The van der Waals surface area contributed by atoms with Crippen LogP contribution >= 0.6 is 0 Å². The maximum atomic E-state index is 8.68. The van der Waals surface area contributed by atoms with Gasteiger partial charge in [0, 0.05) is 12.2 Å². The third-order valence-electron chi connectivity index (χ3n) is 2.47. The zero-order valence-electron chi connectivity index (χ0n) is 9.12. The molecule has 0 saturated heterocycles. The lowest BCUT2D eigenvalue weighted by molar-refractivity contribution is 1.11. The second kappa shape index (κ2) is 4.53. The number of nitrogens with one attached hydrogen (secondary N) is 3. The van der Waals surface area contributed by atoms with E-state index in [0.29, 0.717) is 0 Å². The molecule has 0 unspecified atom stereocenters. The highest BCUT2D eigenvalue weighted by Crippen LogP contribution is 2.25. The lowest BCUT2D eigenvalue weighted by Gasteiger charge is -2.04. The molecule has 17 heavy (non-hydrogen) atoms. The minimum Gasteiger partial charge on any atom is -0.384 e. The molecule has 1 aliphatic heterocycles. The van der Waals surface area contributed by atoms with Gasteiger partial charge in [0.2, 0.25) is 5.71 Å². The van der Waals surface area contributed by atoms with Gasteiger partial charge in [0.15, 0.2) is 5.84 Å². The highest BCUT2D eigenvalue weighted by atomic mass is 15.3. The van der Waals surface area contributed by atoms with Crippen molar-refractivity contribution in [2.24, 2.45) is 10.8 Å². The van der Waals surface area contributed by atoms with Crippen LogP contribution < -0.4 is 16.5 Å². The minimum absolute atomic E-state index is 0.122. The largest absolute Gasteiger partial charge is 0.384 e. The molecule has 0 saturated carbocycles. The van der Waals surface area contributed by atoms with Gasteiger partial charge in [-0.15, -0.1) is 0 Å². The Balaban J connectivity index is 2.15. The summed E-state index contributed by atoms with van der Waals surface area (Å²) in [5.74, 6) is -0.345. The molecule has 6 nitrogen and oxygen atoms in total. The Bertz CT molecular complexity index is 525. The Morgan fingerprint density at radius 1 is 1.59 bits per heavy atom. The number of nitrogens with zero attached hydrogens (tertiary/aromatic N) is 2. The van der Waals surface area contributed by atoms with Crippen LogP contribution in [0.25, 0.3) is 0 Å². The normalized spacial score (nSPS) is 13.5. The third kappa shape index (κ3) is 2.34. The van der Waals surface area contributed by atoms with E-state index in [-0.39, 0.29) is 11.5 Å². The van der Waals surface area contributed by atoms with E-state index in [2.05, 4.69) is 15.8 Å². The molecule has 1 heterocycles. The van der Waals surface area contributed by atoms with Gasteiger partial charge >= 0.3 is 0 Å². The number of hydrazone groups is 1. The Morgan fingerprint density at radius 2 is 2.41 bits per heavy atom. The smallest absolute Gasteiger partial charge is 0.201 e. The van der Waals surface area contributed by atoms with Crippen molar-refractivity contribution in [1.29, 1.82) is 10.7 Å². The summed E-state index contributed by atoms with van der Waals surface area (Å²) in [7, 11) is 0. The summed E-state index contributed by atoms with van der Waals surface area (Å²) >= 11 is 0. The van der Waals surface area contributed by atoms with Crippen molar-refractivity contribution in [2.75, 3.05) is 17.3 Å². The summed E-state index contributed by atoms with van der Waals surface area (Å²) in [5, 5.41) is 22.8. The van der Waals surface area contributed by atoms with Gasteiger partial charge in [-0.3, -0.25) is 10.8 Å². The van der Waals surface area contributed by atoms with Crippen molar-refractivity contribution in [3.05, 3.63) is 23.8 Å². The number of anilines is 2. The van der Waals surface area contributed by atoms with Crippen molar-refractivity contribution in [1.82, 2.24) is 0 Å². The third-order valence-corrected chi connectivity index (χ3v) is 2.47. The molecule has 0 aromatic heterocycles. The van der Waals surface area contributed by atoms with E-state index in [0.717, 1.165) is 24.3 Å². The summed E-state index contributed by atoms with van der Waals surface area (Å²) < 4.78 is 0. The number of amidine groups is 1. The van der Waals surface area contributed by atoms with Crippen molar-refractivity contribution >= 4 is 22.9 Å². The molecule has 5 N–H and O–H groups in total. The van der Waals surface area contributed by atoms with E-state index in [1.807, 2.05) is 18.2 Å². The quantitative estimate of drug-likeness (QED) is 0.349. The van der Waals surface area contributed by atoms with Crippen LogP contribution in [0.15, 0.2) is 23.3 Å². The number of hydrogen-bond acceptors (Lipinski definition) is 5. The molecule has 0 bridgehead atoms. The number of nitrogens with two attached hydrogens (primary N) is 1. The number of hydrogen-bond donors (Lipinski definition) is 4. The average molecular weight is 228 g/mol. The fraction of sp³-hybridized carbons (Fsp3) is 0.182. The van der Waals surface area contributed by atoms with Crippen LogP contribution in [-0.4, -0.2) is 18.1 Å². The fourth-order valence-corrected chi connectivity index (χ4v) is 1.64. The van der Waals surface area contributed by atoms with Crippen LogP contribution in [0.1, 0.15) is 5.56 Å². The summed E-state index contributed by atoms with van der Waals surface area (Å²) in [6.07, 6.45) is 0.979. The van der Waals surface area contributed by atoms with E-state index in [9.17, 15) is 0 Å². The van der Waals surface area contributed by atoms with Gasteiger partial charge in [-0.05, 0) is 30.2 Å². The Labute approximate surface area is 98.6 Å². The topological polar surface area (TPSA) is 110 Å². The average Bonchev–Trinajstić information content (AvgIpc) is 2.76. The number of rotatable bonds is 3. The maximum absolute atomic E-state index is 8.68. The highest BCUT2D eigenvalue weighted by molar-refractivity contribution is 6.45. The molecule has 0 atom stereocenters. The summed E-state index contributed by atoms with van der Waals surface area (Å²) in [5.41, 5.74) is 10.9. The fourth-order valence-electron chi connectivity index (χ4n) is 1.64. The van der Waals surface area contributed by atoms with E-state index < -0.39 is 0 Å². The van der Waals surface area contributed by atoms with Crippen LogP contribution in [0.4, 0.5) is 11.4 Å². The van der Waals surface area contributed by atoms with Gasteiger partial charge in [0.25, 0.3) is 0 Å². The molecule has 0 spiro atoms. The summed E-state index contributed by atoms with van der Waals surface area (Å²) in [6.45, 7) is 0.943. The summed E-state index contributed by atoms with van der Waals surface area (Å²) in [6, 6.07) is 7.53. The van der Waals surface area contributed by atoms with Gasteiger partial charge in [0.1, 0.15) is 6.07 Å². The first kappa shape index (κ1) is 11.0. The molecule has 0 aliphatic carbocycles. The van der Waals surface area contributed by atoms with Crippen molar-refractivity contribution in [3.63, 3.8) is 0 Å². The van der Waals surface area contributed by atoms with Gasteiger partial charge in [-0.1, -0.05) is 0 Å². The molecule has 6 heteroatoms. The van der Waals surface area contributed by atoms with E-state index >= 15 is 0 Å². The first-order chi connectivity index (χ1) is 8.20. The minimum atomic E-state index is -0.345. The van der Waals surface area contributed by atoms with Crippen LogP contribution in [0, 0.1) is 16.7 Å². The van der Waals surface area contributed by atoms with Gasteiger partial charge in [-0.2, -0.15) is 10.4 Å². The molecule has 0 amide bonds. The predicted molar refractivity (Wildman–Crippen MR) is 67.2 cm³/mol. The molecule has 86 valence electrons. The molecule has 0 radical (unpaired) electrons. The Morgan fingerprint density at radius 3 is 3.12 bits per heavy atom. The molecule has 0 fully saturated rings. The molecule has 1 aromatic rings. The lowest BCUT2D eigenvalue weighted by atomic mass is 10.1. The number of fused-ring (bicyclic) bond motifs is 1. The zero-order valence-corrected chi connectivity index (χ0v) is 9.12. The van der Waals surface area contributed by atoms with Crippen molar-refractivity contribution in [3.8, 4) is 6.07 Å². The molecule has 1 aliphatic rings. The maximum Gasteiger partial charge on any atom is 0.201 e. The van der Waals surface area contributed by atoms with E-state index in [4.69, 9.17) is 16.4 Å². The zero-order chi connectivity index (χ0) is 12.3. The molecule has 1 aromatic carbocycles. The Hall–Kier alpha value is -2.55. The van der Waals surface area contributed by atoms with Crippen LogP contribution in [-0.2, 0) is 6.42 Å². The van der Waals surface area contributed by atoms with Crippen LogP contribution in [0.3, 0.4) is 0 Å². The van der Waals surface area contributed by atoms with E-state index in [1.54, 1.807) is 6.07 Å². The molecule has 2 rings (SSSR count). The lowest BCUT2D eigenvalue weighted by Crippen LogP contribution is -2.21. The first-order valence-electron chi connectivity index (χ1n) is 5.15. The number of benzene rings is 1. The van der Waals surface area contributed by atoms with E-state index in [1.165, 1.54) is 5.56 Å². The monoisotopic (exact) mass is 228 g/mol. The van der Waals surface area contributed by atoms with Crippen LogP contribution in [0.2, 0.25) is 0 Å². The standard InChI is InChI=1S/C11H12N6/c12-6-10(11(13)14)17-16-8-1-2-9-7(5-8)3-4-15-9/h1-2,5,15-16H,3-4H2,(H3,13,14)/b17-10+. The summed E-state index contributed by atoms with van der Waals surface area (Å²) in [4.78, 5) is 0. The van der Waals surface area contributed by atoms with Crippen LogP contribution in [0.5, 0.6) is 0 Å². The number of nitriles is 1. The highest BCUT2D eigenvalue weighted by Gasteiger charge is 2.09. The van der Waals surface area contributed by atoms with Gasteiger partial charge < -0.3 is 11.1 Å². The first-order valence-corrected chi connectivity index (χ1v) is 5.15. The van der Waals surface area contributed by atoms with Crippen molar-refractivity contribution < 1.29 is 0 Å². The van der Waals surface area contributed by atoms with Gasteiger partial charge in [-0.25, -0.2) is 0 Å².